The standard InChI is InChI=1S/C20H24O7/c1-12-7-15(22-2)16(23-3)10-14(12)11-27-20(21)13-8-17(24-4)19(26-6)18(9-13)25-5/h7-10H,11H2,1-6H3. The number of hydrogen-bond acceptors (Lipinski definition) is 7. The summed E-state index contributed by atoms with van der Waals surface area (Å²) in [6.45, 7) is 1.99. The van der Waals surface area contributed by atoms with Crippen LogP contribution in [0.3, 0.4) is 0 Å². The molecule has 146 valence electrons. The maximum Gasteiger partial charge on any atom is 0.338 e. The van der Waals surface area contributed by atoms with Crippen LogP contribution in [0.5, 0.6) is 28.7 Å². The first kappa shape index (κ1) is 20.2. The van der Waals surface area contributed by atoms with E-state index in [1.54, 1.807) is 32.4 Å². The summed E-state index contributed by atoms with van der Waals surface area (Å²) in [6.07, 6.45) is 0. The lowest BCUT2D eigenvalue weighted by Crippen LogP contribution is -2.08. The van der Waals surface area contributed by atoms with Crippen LogP contribution in [0.25, 0.3) is 0 Å². The van der Waals surface area contributed by atoms with Crippen molar-refractivity contribution >= 4 is 5.97 Å². The summed E-state index contributed by atoms with van der Waals surface area (Å²) >= 11 is 0. The molecule has 0 aliphatic heterocycles. The number of aryl methyl sites for hydroxylation is 1. The zero-order chi connectivity index (χ0) is 20.0. The molecular formula is C20H24O7. The van der Waals surface area contributed by atoms with Crippen molar-refractivity contribution in [1.82, 2.24) is 0 Å². The quantitative estimate of drug-likeness (QED) is 0.654. The summed E-state index contributed by atoms with van der Waals surface area (Å²) in [7, 11) is 7.59. The van der Waals surface area contributed by atoms with Gasteiger partial charge in [0.2, 0.25) is 5.75 Å². The minimum atomic E-state index is -0.511. The van der Waals surface area contributed by atoms with E-state index in [9.17, 15) is 4.79 Å². The molecule has 0 aromatic heterocycles. The highest BCUT2D eigenvalue weighted by Gasteiger charge is 2.18. The maximum absolute atomic E-state index is 12.5. The molecular weight excluding hydrogens is 352 g/mol. The average molecular weight is 376 g/mol. The number of methoxy groups -OCH3 is 5. The van der Waals surface area contributed by atoms with Crippen molar-refractivity contribution in [2.75, 3.05) is 35.5 Å². The lowest BCUT2D eigenvalue weighted by Gasteiger charge is -2.15. The van der Waals surface area contributed by atoms with Crippen LogP contribution in [0.15, 0.2) is 24.3 Å². The molecule has 0 N–H and O–H groups in total. The van der Waals surface area contributed by atoms with E-state index < -0.39 is 5.97 Å². The molecule has 2 aromatic rings. The van der Waals surface area contributed by atoms with Crippen LogP contribution in [-0.2, 0) is 11.3 Å². The highest BCUT2D eigenvalue weighted by Crippen LogP contribution is 2.38. The highest BCUT2D eigenvalue weighted by atomic mass is 16.5. The van der Waals surface area contributed by atoms with E-state index in [-0.39, 0.29) is 6.61 Å². The number of hydrogen-bond donors (Lipinski definition) is 0. The van der Waals surface area contributed by atoms with Gasteiger partial charge >= 0.3 is 5.97 Å². The molecule has 0 heterocycles. The van der Waals surface area contributed by atoms with E-state index in [0.29, 0.717) is 34.3 Å². The molecule has 2 aromatic carbocycles. The number of carbonyl (C=O) groups is 1. The van der Waals surface area contributed by atoms with Gasteiger partial charge in [-0.05, 0) is 42.3 Å². The second kappa shape index (κ2) is 9.02. The fourth-order valence-electron chi connectivity index (χ4n) is 2.60. The topological polar surface area (TPSA) is 72.5 Å². The Morgan fingerprint density at radius 2 is 1.26 bits per heavy atom. The van der Waals surface area contributed by atoms with Crippen LogP contribution in [0.1, 0.15) is 21.5 Å². The third-order valence-corrected chi connectivity index (χ3v) is 4.10. The Morgan fingerprint density at radius 3 is 1.74 bits per heavy atom. The average Bonchev–Trinajstić information content (AvgIpc) is 2.70. The third kappa shape index (κ3) is 4.36. The predicted molar refractivity (Wildman–Crippen MR) is 99.5 cm³/mol. The van der Waals surface area contributed by atoms with Gasteiger partial charge in [-0.3, -0.25) is 0 Å². The Hall–Kier alpha value is -3.09. The van der Waals surface area contributed by atoms with Gasteiger partial charge in [-0.25, -0.2) is 4.79 Å². The molecule has 0 unspecified atom stereocenters. The fourth-order valence-corrected chi connectivity index (χ4v) is 2.60. The first-order chi connectivity index (χ1) is 13.0. The Morgan fingerprint density at radius 1 is 0.741 bits per heavy atom. The van der Waals surface area contributed by atoms with Gasteiger partial charge in [0.05, 0.1) is 41.1 Å². The van der Waals surface area contributed by atoms with Crippen molar-refractivity contribution in [2.45, 2.75) is 13.5 Å². The van der Waals surface area contributed by atoms with E-state index in [0.717, 1.165) is 11.1 Å². The van der Waals surface area contributed by atoms with Crippen LogP contribution in [0.4, 0.5) is 0 Å². The Labute approximate surface area is 158 Å². The summed E-state index contributed by atoms with van der Waals surface area (Å²) in [5.74, 6) is 1.85. The minimum absolute atomic E-state index is 0.0850. The molecule has 2 rings (SSSR count). The molecule has 7 heteroatoms. The first-order valence-electron chi connectivity index (χ1n) is 8.17. The highest BCUT2D eigenvalue weighted by molar-refractivity contribution is 5.91. The number of rotatable bonds is 8. The van der Waals surface area contributed by atoms with E-state index in [4.69, 9.17) is 28.4 Å². The smallest absolute Gasteiger partial charge is 0.338 e. The maximum atomic E-state index is 12.5. The van der Waals surface area contributed by atoms with Gasteiger partial charge in [-0.1, -0.05) is 0 Å². The molecule has 0 saturated heterocycles. The summed E-state index contributed by atoms with van der Waals surface area (Å²) in [6, 6.07) is 6.72. The summed E-state index contributed by atoms with van der Waals surface area (Å²) in [5, 5.41) is 0. The molecule has 27 heavy (non-hydrogen) atoms. The van der Waals surface area contributed by atoms with Crippen molar-refractivity contribution in [3.8, 4) is 28.7 Å². The van der Waals surface area contributed by atoms with Gasteiger partial charge in [0.15, 0.2) is 23.0 Å². The number of ether oxygens (including phenoxy) is 6. The molecule has 0 aliphatic carbocycles. The molecule has 0 radical (unpaired) electrons. The van der Waals surface area contributed by atoms with E-state index in [1.807, 2.05) is 13.0 Å². The minimum Gasteiger partial charge on any atom is -0.493 e. The number of carbonyl (C=O) groups excluding carboxylic acids is 1. The van der Waals surface area contributed by atoms with Crippen LogP contribution in [0.2, 0.25) is 0 Å². The van der Waals surface area contributed by atoms with Crippen LogP contribution in [0, 0.1) is 6.92 Å². The van der Waals surface area contributed by atoms with Crippen molar-refractivity contribution < 1.29 is 33.2 Å². The molecule has 7 nitrogen and oxygen atoms in total. The van der Waals surface area contributed by atoms with Gasteiger partial charge in [0.25, 0.3) is 0 Å². The lowest BCUT2D eigenvalue weighted by atomic mass is 10.1. The summed E-state index contributed by atoms with van der Waals surface area (Å²) < 4.78 is 31.8. The largest absolute Gasteiger partial charge is 0.493 e. The Balaban J connectivity index is 2.23. The zero-order valence-electron chi connectivity index (χ0n) is 16.4. The van der Waals surface area contributed by atoms with Gasteiger partial charge in [0.1, 0.15) is 6.61 Å². The number of esters is 1. The Kier molecular flexibility index (Phi) is 6.76. The monoisotopic (exact) mass is 376 g/mol. The van der Waals surface area contributed by atoms with E-state index in [2.05, 4.69) is 0 Å². The fraction of sp³-hybridized carbons (Fsp3) is 0.350. The normalized spacial score (nSPS) is 10.1. The number of benzene rings is 2. The lowest BCUT2D eigenvalue weighted by molar-refractivity contribution is 0.0471. The van der Waals surface area contributed by atoms with Gasteiger partial charge in [0, 0.05) is 0 Å². The molecule has 0 bridgehead atoms. The van der Waals surface area contributed by atoms with E-state index in [1.165, 1.54) is 21.3 Å². The van der Waals surface area contributed by atoms with Crippen molar-refractivity contribution in [3.63, 3.8) is 0 Å². The molecule has 0 fully saturated rings. The third-order valence-electron chi connectivity index (χ3n) is 4.10. The SMILES string of the molecule is COc1cc(C)c(COC(=O)c2cc(OC)c(OC)c(OC)c2)cc1OC. The van der Waals surface area contributed by atoms with Gasteiger partial charge < -0.3 is 28.4 Å². The van der Waals surface area contributed by atoms with Crippen LogP contribution < -0.4 is 23.7 Å². The van der Waals surface area contributed by atoms with Crippen LogP contribution in [-0.4, -0.2) is 41.5 Å². The second-order valence-corrected chi connectivity index (χ2v) is 5.62. The van der Waals surface area contributed by atoms with Crippen molar-refractivity contribution in [3.05, 3.63) is 41.0 Å². The molecule has 0 saturated carbocycles. The second-order valence-electron chi connectivity index (χ2n) is 5.62. The zero-order valence-corrected chi connectivity index (χ0v) is 16.4. The van der Waals surface area contributed by atoms with E-state index >= 15 is 0 Å². The summed E-state index contributed by atoms with van der Waals surface area (Å²) in [5.41, 5.74) is 2.03. The molecule has 0 atom stereocenters. The summed E-state index contributed by atoms with van der Waals surface area (Å²) in [4.78, 5) is 12.5. The molecule has 0 amide bonds. The Bertz CT molecular complexity index is 789. The van der Waals surface area contributed by atoms with Crippen LogP contribution >= 0.6 is 0 Å². The molecule has 0 spiro atoms. The van der Waals surface area contributed by atoms with Crippen molar-refractivity contribution in [1.29, 1.82) is 0 Å². The first-order valence-corrected chi connectivity index (χ1v) is 8.17. The predicted octanol–water partition coefficient (Wildman–Crippen LogP) is 3.40. The van der Waals surface area contributed by atoms with Gasteiger partial charge in [-0.15, -0.1) is 0 Å². The van der Waals surface area contributed by atoms with Gasteiger partial charge in [-0.2, -0.15) is 0 Å². The molecule has 0 aliphatic rings. The van der Waals surface area contributed by atoms with Crippen molar-refractivity contribution in [2.24, 2.45) is 0 Å².